The Hall–Kier alpha value is -0.330. The smallest absolute Gasteiger partial charge is 0.0276 e. The molecule has 47 valence electrons. The molecule has 0 saturated heterocycles. The van der Waals surface area contributed by atoms with Gasteiger partial charge in [0.25, 0.3) is 0 Å². The first-order valence-corrected chi connectivity index (χ1v) is 3.00. The van der Waals surface area contributed by atoms with E-state index in [4.69, 9.17) is 0 Å². The first kappa shape index (κ1) is 6.79. The molecule has 0 aromatic carbocycles. The van der Waals surface area contributed by atoms with Crippen LogP contribution < -0.4 is 0 Å². The van der Waals surface area contributed by atoms with Gasteiger partial charge in [0, 0.05) is 18.7 Å². The Morgan fingerprint density at radius 1 is 1.33 bits per heavy atom. The fourth-order valence-electron chi connectivity index (χ4n) is 0.744. The highest BCUT2D eigenvalue weighted by atomic mass is 14.7. The maximum absolute atomic E-state index is 4.05. The predicted molar refractivity (Wildman–Crippen MR) is 39.5 cm³/mol. The van der Waals surface area contributed by atoms with Gasteiger partial charge in [0.05, 0.1) is 0 Å². The molecule has 0 aliphatic heterocycles. The minimum Gasteiger partial charge on any atom is -0.297 e. The van der Waals surface area contributed by atoms with E-state index in [1.165, 1.54) is 5.92 Å². The molecule has 1 heteroatoms. The first-order valence-electron chi connectivity index (χ1n) is 3.00. The van der Waals surface area contributed by atoms with E-state index in [2.05, 4.69) is 17.8 Å². The SMILES string of the molecule is CN=C(C)[C]1[CH][CH][CH][CH]1. The van der Waals surface area contributed by atoms with Gasteiger partial charge in [-0.05, 0) is 32.6 Å². The molecule has 1 saturated carbocycles. The highest BCUT2D eigenvalue weighted by molar-refractivity contribution is 6.00. The van der Waals surface area contributed by atoms with Gasteiger partial charge in [0.15, 0.2) is 0 Å². The minimum atomic E-state index is 1.10. The van der Waals surface area contributed by atoms with Crippen LogP contribution in [-0.2, 0) is 0 Å². The van der Waals surface area contributed by atoms with Gasteiger partial charge in [-0.25, -0.2) is 0 Å². The molecule has 5 radical (unpaired) electrons. The highest BCUT2D eigenvalue weighted by Gasteiger charge is 2.18. The van der Waals surface area contributed by atoms with Gasteiger partial charge in [0.2, 0.25) is 0 Å². The van der Waals surface area contributed by atoms with Crippen LogP contribution in [0.1, 0.15) is 6.92 Å². The Morgan fingerprint density at radius 3 is 2.33 bits per heavy atom. The normalized spacial score (nSPS) is 23.1. The fraction of sp³-hybridized carbons (Fsp3) is 0.250. The molecule has 0 spiro atoms. The van der Waals surface area contributed by atoms with E-state index in [1.807, 2.05) is 26.8 Å². The number of hydrogen-bond acceptors (Lipinski definition) is 1. The number of aliphatic imine (C=N–C) groups is 1. The van der Waals surface area contributed by atoms with Crippen LogP contribution in [0.3, 0.4) is 0 Å². The van der Waals surface area contributed by atoms with Gasteiger partial charge in [-0.2, -0.15) is 0 Å². The summed E-state index contributed by atoms with van der Waals surface area (Å²) in [5, 5.41) is 0. The molecule has 0 unspecified atom stereocenters. The van der Waals surface area contributed by atoms with E-state index < -0.39 is 0 Å². The number of nitrogens with zero attached hydrogens (tertiary/aromatic N) is 1. The van der Waals surface area contributed by atoms with Gasteiger partial charge in [-0.15, -0.1) is 0 Å². The predicted octanol–water partition coefficient (Wildman–Crippen LogP) is 1.48. The highest BCUT2D eigenvalue weighted by Crippen LogP contribution is 2.23. The standard InChI is InChI=1S/C8H10N/c1-7(9-2)8-5-3-4-6-8/h3-6H,1-2H3. The van der Waals surface area contributed by atoms with Crippen molar-refractivity contribution in [1.82, 2.24) is 0 Å². The first-order chi connectivity index (χ1) is 4.34. The second kappa shape index (κ2) is 3.00. The minimum absolute atomic E-state index is 1.10. The zero-order valence-electron chi connectivity index (χ0n) is 5.76. The Bertz CT molecular complexity index is 110. The number of hydrogen-bond donors (Lipinski definition) is 0. The summed E-state index contributed by atoms with van der Waals surface area (Å²) in [5.41, 5.74) is 1.10. The van der Waals surface area contributed by atoms with E-state index in [1.54, 1.807) is 0 Å². The second-order valence-corrected chi connectivity index (χ2v) is 1.98. The molecular formula is C8H10N. The molecule has 0 amide bonds. The van der Waals surface area contributed by atoms with Crippen LogP contribution in [0.4, 0.5) is 0 Å². The van der Waals surface area contributed by atoms with E-state index in [0.717, 1.165) is 5.71 Å². The summed E-state index contributed by atoms with van der Waals surface area (Å²) in [5.74, 6) is 1.22. The summed E-state index contributed by atoms with van der Waals surface area (Å²) < 4.78 is 0. The summed E-state index contributed by atoms with van der Waals surface area (Å²) in [6, 6.07) is 0. The molecule has 0 aromatic heterocycles. The van der Waals surface area contributed by atoms with Gasteiger partial charge in [0.1, 0.15) is 0 Å². The van der Waals surface area contributed by atoms with Crippen LogP contribution in [0.5, 0.6) is 0 Å². The molecule has 1 aliphatic rings. The van der Waals surface area contributed by atoms with Gasteiger partial charge >= 0.3 is 0 Å². The quantitative estimate of drug-likeness (QED) is 0.465. The monoisotopic (exact) mass is 120 g/mol. The van der Waals surface area contributed by atoms with Crippen LogP contribution in [0.2, 0.25) is 0 Å². The van der Waals surface area contributed by atoms with Crippen LogP contribution in [0.15, 0.2) is 4.99 Å². The second-order valence-electron chi connectivity index (χ2n) is 1.98. The van der Waals surface area contributed by atoms with Crippen molar-refractivity contribution >= 4 is 5.71 Å². The fourth-order valence-corrected chi connectivity index (χ4v) is 0.744. The molecule has 1 aliphatic carbocycles. The van der Waals surface area contributed by atoms with E-state index in [-0.39, 0.29) is 0 Å². The molecular weight excluding hydrogens is 110 g/mol. The van der Waals surface area contributed by atoms with Crippen molar-refractivity contribution in [1.29, 1.82) is 0 Å². The topological polar surface area (TPSA) is 12.4 Å². The van der Waals surface area contributed by atoms with Crippen molar-refractivity contribution in [3.63, 3.8) is 0 Å². The van der Waals surface area contributed by atoms with Crippen LogP contribution >= 0.6 is 0 Å². The molecule has 0 N–H and O–H groups in total. The number of rotatable bonds is 1. The molecule has 1 fully saturated rings. The zero-order valence-corrected chi connectivity index (χ0v) is 5.76. The Labute approximate surface area is 57.2 Å². The molecule has 0 atom stereocenters. The van der Waals surface area contributed by atoms with Crippen LogP contribution in [0, 0.1) is 31.6 Å². The van der Waals surface area contributed by atoms with E-state index in [0.29, 0.717) is 0 Å². The lowest BCUT2D eigenvalue weighted by Crippen LogP contribution is -2.03. The average Bonchev–Trinajstić information content (AvgIpc) is 2.37. The molecule has 0 bridgehead atoms. The molecule has 1 rings (SSSR count). The summed E-state index contributed by atoms with van der Waals surface area (Å²) in [6.45, 7) is 2.01. The summed E-state index contributed by atoms with van der Waals surface area (Å²) in [4.78, 5) is 4.05. The maximum Gasteiger partial charge on any atom is 0.0276 e. The van der Waals surface area contributed by atoms with Crippen molar-refractivity contribution in [2.75, 3.05) is 7.05 Å². The van der Waals surface area contributed by atoms with Gasteiger partial charge < -0.3 is 0 Å². The molecule has 0 aromatic rings. The Morgan fingerprint density at radius 2 is 1.89 bits per heavy atom. The third-order valence-corrected chi connectivity index (χ3v) is 1.42. The molecule has 0 heterocycles. The van der Waals surface area contributed by atoms with Crippen molar-refractivity contribution in [2.45, 2.75) is 6.92 Å². The molecule has 9 heavy (non-hydrogen) atoms. The zero-order chi connectivity index (χ0) is 6.69. The lowest BCUT2D eigenvalue weighted by Gasteiger charge is -2.03. The average molecular weight is 120 g/mol. The summed E-state index contributed by atoms with van der Waals surface area (Å²) >= 11 is 0. The molecule has 1 nitrogen and oxygen atoms in total. The lowest BCUT2D eigenvalue weighted by molar-refractivity contribution is 1.33. The summed E-state index contributed by atoms with van der Waals surface area (Å²) in [6.07, 6.45) is 8.15. The van der Waals surface area contributed by atoms with Crippen LogP contribution in [0.25, 0.3) is 0 Å². The van der Waals surface area contributed by atoms with Crippen molar-refractivity contribution in [2.24, 2.45) is 4.99 Å². The summed E-state index contributed by atoms with van der Waals surface area (Å²) in [7, 11) is 1.81. The Kier molecular flexibility index (Phi) is 2.26. The van der Waals surface area contributed by atoms with Crippen molar-refractivity contribution < 1.29 is 0 Å². The van der Waals surface area contributed by atoms with Gasteiger partial charge in [-0.1, -0.05) is 0 Å². The third kappa shape index (κ3) is 1.54. The van der Waals surface area contributed by atoms with E-state index in [9.17, 15) is 0 Å². The van der Waals surface area contributed by atoms with Crippen molar-refractivity contribution in [3.8, 4) is 0 Å². The third-order valence-electron chi connectivity index (χ3n) is 1.42. The van der Waals surface area contributed by atoms with E-state index >= 15 is 0 Å². The lowest BCUT2D eigenvalue weighted by atomic mass is 10.0. The maximum atomic E-state index is 4.05. The van der Waals surface area contributed by atoms with Crippen molar-refractivity contribution in [3.05, 3.63) is 31.6 Å². The largest absolute Gasteiger partial charge is 0.297 e. The van der Waals surface area contributed by atoms with Gasteiger partial charge in [-0.3, -0.25) is 4.99 Å². The Balaban J connectivity index is 2.42. The van der Waals surface area contributed by atoms with Crippen LogP contribution in [-0.4, -0.2) is 12.8 Å².